The molecule has 1 N–H and O–H groups in total. The minimum Gasteiger partial charge on any atom is -0.464 e. The summed E-state index contributed by atoms with van der Waals surface area (Å²) >= 11 is 0. The second kappa shape index (κ2) is 9.00. The summed E-state index contributed by atoms with van der Waals surface area (Å²) in [7, 11) is 0. The number of nitrogens with zero attached hydrogens (tertiary/aromatic N) is 1. The standard InChI is InChI=1S/C17H21F3N2O4/c1-2-25-15(23)14-9-8-13(10-22(14)16(24)17(18,19)20)21-26-11-12-6-4-3-5-7-12/h3-7,13-14,21H,2,8-11H2,1H3. The molecule has 2 rings (SSSR count). The first-order valence-corrected chi connectivity index (χ1v) is 8.28. The largest absolute Gasteiger partial charge is 0.471 e. The molecule has 1 heterocycles. The zero-order valence-corrected chi connectivity index (χ0v) is 14.3. The lowest BCUT2D eigenvalue weighted by molar-refractivity contribution is -0.193. The monoisotopic (exact) mass is 374 g/mol. The molecule has 9 heteroatoms. The molecule has 2 atom stereocenters. The molecule has 0 bridgehead atoms. The first kappa shape index (κ1) is 20.2. The van der Waals surface area contributed by atoms with Crippen molar-refractivity contribution in [1.82, 2.24) is 10.4 Å². The minimum absolute atomic E-state index is 0.0330. The number of carbonyl (C=O) groups is 2. The molecule has 26 heavy (non-hydrogen) atoms. The van der Waals surface area contributed by atoms with E-state index < -0.39 is 30.1 Å². The third-order valence-electron chi connectivity index (χ3n) is 3.98. The molecule has 1 aliphatic rings. The van der Waals surface area contributed by atoms with E-state index in [1.807, 2.05) is 30.3 Å². The van der Waals surface area contributed by atoms with Gasteiger partial charge in [0.2, 0.25) is 0 Å². The molecular formula is C17H21F3N2O4. The highest BCUT2D eigenvalue weighted by Crippen LogP contribution is 2.26. The number of hydrogen-bond donors (Lipinski definition) is 1. The fourth-order valence-electron chi connectivity index (χ4n) is 2.75. The maximum absolute atomic E-state index is 12.9. The van der Waals surface area contributed by atoms with E-state index in [9.17, 15) is 22.8 Å². The molecule has 6 nitrogen and oxygen atoms in total. The molecule has 2 unspecified atom stereocenters. The number of piperidine rings is 1. The number of hydroxylamine groups is 1. The van der Waals surface area contributed by atoms with Crippen LogP contribution >= 0.6 is 0 Å². The van der Waals surface area contributed by atoms with Crippen LogP contribution in [0.5, 0.6) is 0 Å². The van der Waals surface area contributed by atoms with Crippen LogP contribution in [0.1, 0.15) is 25.3 Å². The molecular weight excluding hydrogens is 353 g/mol. The van der Waals surface area contributed by atoms with Gasteiger partial charge < -0.3 is 9.64 Å². The average Bonchev–Trinajstić information content (AvgIpc) is 2.61. The van der Waals surface area contributed by atoms with Gasteiger partial charge in [0.15, 0.2) is 0 Å². The lowest BCUT2D eigenvalue weighted by Gasteiger charge is -2.38. The Morgan fingerprint density at radius 3 is 2.54 bits per heavy atom. The molecule has 1 saturated heterocycles. The Labute approximate surface area is 149 Å². The predicted octanol–water partition coefficient (Wildman–Crippen LogP) is 2.19. The Kier molecular flexibility index (Phi) is 6.98. The van der Waals surface area contributed by atoms with Crippen LogP contribution in [0, 0.1) is 0 Å². The van der Waals surface area contributed by atoms with Crippen LogP contribution in [0.3, 0.4) is 0 Å². The molecule has 1 amide bonds. The van der Waals surface area contributed by atoms with Crippen molar-refractivity contribution >= 4 is 11.9 Å². The van der Waals surface area contributed by atoms with E-state index in [0.717, 1.165) is 5.56 Å². The van der Waals surface area contributed by atoms with Crippen LogP contribution in [0.2, 0.25) is 0 Å². The number of amides is 1. The van der Waals surface area contributed by atoms with Crippen molar-refractivity contribution in [1.29, 1.82) is 0 Å². The Morgan fingerprint density at radius 2 is 1.92 bits per heavy atom. The number of carbonyl (C=O) groups excluding carboxylic acids is 2. The molecule has 0 radical (unpaired) electrons. The van der Waals surface area contributed by atoms with E-state index >= 15 is 0 Å². The minimum atomic E-state index is -5.06. The van der Waals surface area contributed by atoms with E-state index in [4.69, 9.17) is 9.57 Å². The predicted molar refractivity (Wildman–Crippen MR) is 85.6 cm³/mol. The maximum Gasteiger partial charge on any atom is 0.471 e. The van der Waals surface area contributed by atoms with Gasteiger partial charge in [-0.3, -0.25) is 9.63 Å². The summed E-state index contributed by atoms with van der Waals surface area (Å²) in [6.45, 7) is 1.52. The van der Waals surface area contributed by atoms with Gasteiger partial charge in [-0.2, -0.15) is 18.7 Å². The quantitative estimate of drug-likeness (QED) is 0.611. The van der Waals surface area contributed by atoms with Crippen molar-refractivity contribution in [3.63, 3.8) is 0 Å². The zero-order chi connectivity index (χ0) is 19.2. The van der Waals surface area contributed by atoms with Gasteiger partial charge in [0.05, 0.1) is 13.2 Å². The van der Waals surface area contributed by atoms with Gasteiger partial charge in [0.1, 0.15) is 6.04 Å². The summed E-state index contributed by atoms with van der Waals surface area (Å²) in [6, 6.07) is 7.47. The lowest BCUT2D eigenvalue weighted by atomic mass is 9.98. The number of benzene rings is 1. The summed E-state index contributed by atoms with van der Waals surface area (Å²) in [4.78, 5) is 29.5. The van der Waals surface area contributed by atoms with Gasteiger partial charge in [-0.05, 0) is 25.3 Å². The number of esters is 1. The van der Waals surface area contributed by atoms with E-state index in [-0.39, 0.29) is 26.2 Å². The van der Waals surface area contributed by atoms with Crippen molar-refractivity contribution in [2.24, 2.45) is 0 Å². The summed E-state index contributed by atoms with van der Waals surface area (Å²) in [6.07, 6.45) is -4.62. The summed E-state index contributed by atoms with van der Waals surface area (Å²) in [5.74, 6) is -2.88. The molecule has 1 fully saturated rings. The highest BCUT2D eigenvalue weighted by atomic mass is 19.4. The van der Waals surface area contributed by atoms with Crippen molar-refractivity contribution in [3.05, 3.63) is 35.9 Å². The molecule has 0 aliphatic carbocycles. The number of nitrogens with one attached hydrogen (secondary N) is 1. The van der Waals surface area contributed by atoms with E-state index in [2.05, 4.69) is 5.48 Å². The van der Waals surface area contributed by atoms with Gasteiger partial charge in [-0.1, -0.05) is 30.3 Å². The van der Waals surface area contributed by atoms with Crippen LogP contribution in [0.4, 0.5) is 13.2 Å². The number of hydrogen-bond acceptors (Lipinski definition) is 5. The topological polar surface area (TPSA) is 67.9 Å². The molecule has 0 aromatic heterocycles. The third-order valence-corrected chi connectivity index (χ3v) is 3.98. The second-order valence-corrected chi connectivity index (χ2v) is 5.89. The molecule has 144 valence electrons. The van der Waals surface area contributed by atoms with Crippen LogP contribution in [-0.4, -0.2) is 48.2 Å². The smallest absolute Gasteiger partial charge is 0.464 e. The van der Waals surface area contributed by atoms with Crippen LogP contribution in [0.15, 0.2) is 30.3 Å². The first-order valence-electron chi connectivity index (χ1n) is 8.28. The molecule has 0 saturated carbocycles. The number of rotatable bonds is 6. The number of alkyl halides is 3. The molecule has 1 aliphatic heterocycles. The highest BCUT2D eigenvalue weighted by Gasteiger charge is 2.48. The third kappa shape index (κ3) is 5.43. The maximum atomic E-state index is 12.9. The lowest BCUT2D eigenvalue weighted by Crippen LogP contribution is -2.58. The number of likely N-dealkylation sites (tertiary alicyclic amines) is 1. The zero-order valence-electron chi connectivity index (χ0n) is 14.3. The van der Waals surface area contributed by atoms with Gasteiger partial charge in [0.25, 0.3) is 0 Å². The second-order valence-electron chi connectivity index (χ2n) is 5.89. The fourth-order valence-corrected chi connectivity index (χ4v) is 2.75. The SMILES string of the molecule is CCOC(=O)C1CCC(NOCc2ccccc2)CN1C(=O)C(F)(F)F. The summed E-state index contributed by atoms with van der Waals surface area (Å²) in [5, 5.41) is 0. The Morgan fingerprint density at radius 1 is 1.23 bits per heavy atom. The van der Waals surface area contributed by atoms with E-state index in [1.165, 1.54) is 0 Å². The van der Waals surface area contributed by atoms with Gasteiger partial charge in [-0.15, -0.1) is 0 Å². The van der Waals surface area contributed by atoms with Gasteiger partial charge >= 0.3 is 18.1 Å². The number of halogens is 3. The van der Waals surface area contributed by atoms with Gasteiger partial charge in [0, 0.05) is 12.6 Å². The Balaban J connectivity index is 1.97. The Bertz CT molecular complexity index is 610. The van der Waals surface area contributed by atoms with E-state index in [0.29, 0.717) is 11.3 Å². The Hall–Kier alpha value is -2.13. The van der Waals surface area contributed by atoms with Crippen molar-refractivity contribution < 1.29 is 32.3 Å². The average molecular weight is 374 g/mol. The molecule has 0 spiro atoms. The van der Waals surface area contributed by atoms with Crippen molar-refractivity contribution in [2.45, 2.75) is 44.6 Å². The van der Waals surface area contributed by atoms with Crippen LogP contribution in [0.25, 0.3) is 0 Å². The van der Waals surface area contributed by atoms with Crippen LogP contribution < -0.4 is 5.48 Å². The fraction of sp³-hybridized carbons (Fsp3) is 0.529. The summed E-state index contributed by atoms with van der Waals surface area (Å²) in [5.41, 5.74) is 3.58. The van der Waals surface area contributed by atoms with Crippen molar-refractivity contribution in [2.75, 3.05) is 13.2 Å². The molecule has 1 aromatic carbocycles. The van der Waals surface area contributed by atoms with E-state index in [1.54, 1.807) is 6.92 Å². The normalized spacial score (nSPS) is 20.7. The summed E-state index contributed by atoms with van der Waals surface area (Å²) < 4.78 is 43.4. The first-order chi connectivity index (χ1) is 12.3. The number of ether oxygens (including phenoxy) is 1. The highest BCUT2D eigenvalue weighted by molar-refractivity contribution is 5.88. The van der Waals surface area contributed by atoms with Crippen LogP contribution in [-0.2, 0) is 25.8 Å². The van der Waals surface area contributed by atoms with Crippen molar-refractivity contribution in [3.8, 4) is 0 Å². The molecule has 1 aromatic rings. The van der Waals surface area contributed by atoms with Gasteiger partial charge in [-0.25, -0.2) is 4.79 Å².